The van der Waals surface area contributed by atoms with Crippen LogP contribution in [0.25, 0.3) is 0 Å². The van der Waals surface area contributed by atoms with Crippen molar-refractivity contribution >= 4 is 17.6 Å². The van der Waals surface area contributed by atoms with E-state index in [-0.39, 0.29) is 24.0 Å². The first-order valence-corrected chi connectivity index (χ1v) is 13.3. The molecule has 1 saturated carbocycles. The predicted molar refractivity (Wildman–Crippen MR) is 140 cm³/mol. The maximum absolute atomic E-state index is 13.6. The number of anilines is 1. The molecule has 0 aromatic heterocycles. The molecule has 0 unspecified atom stereocenters. The van der Waals surface area contributed by atoms with Gasteiger partial charge in [-0.05, 0) is 67.6 Å². The topological polar surface area (TPSA) is 52.7 Å². The fourth-order valence-corrected chi connectivity index (χ4v) is 6.58. The molecule has 1 atom stereocenters. The zero-order valence-electron chi connectivity index (χ0n) is 21.4. The first-order valence-electron chi connectivity index (χ1n) is 13.3. The van der Waals surface area contributed by atoms with E-state index in [0.29, 0.717) is 31.3 Å². The van der Waals surface area contributed by atoms with Gasteiger partial charge < -0.3 is 15.1 Å². The average Bonchev–Trinajstić information content (AvgIpc) is 2.87. The Hall–Kier alpha value is -2.82. The highest BCUT2D eigenvalue weighted by Crippen LogP contribution is 2.57. The number of β-lactam (4-membered cyclic amide) rings is 1. The third kappa shape index (κ3) is 4.46. The van der Waals surface area contributed by atoms with E-state index in [1.54, 1.807) is 0 Å². The first-order chi connectivity index (χ1) is 16.8. The molecule has 35 heavy (non-hydrogen) atoms. The van der Waals surface area contributed by atoms with E-state index in [9.17, 15) is 9.59 Å². The van der Waals surface area contributed by atoms with E-state index in [1.807, 2.05) is 58.3 Å². The number of hydrogen-bond acceptors (Lipinski definition) is 2. The van der Waals surface area contributed by atoms with E-state index in [2.05, 4.69) is 38.2 Å². The predicted octanol–water partition coefficient (Wildman–Crippen LogP) is 6.17. The van der Waals surface area contributed by atoms with Gasteiger partial charge in [0.15, 0.2) is 0 Å². The standard InChI is InChI=1S/C30H39N3O2/c1-29(2,3)23-14-16-24(17-15-23)31-28(35)32-20-18-30(19-21-32)26(22-10-6-4-7-11-22)33(27(30)34)25-12-8-5-9-13-25/h4-13,23-24,26H,14-21H2,1-3H3,(H,31,35)/t23?,24?,26-/m0/s1. The molecule has 0 bridgehead atoms. The van der Waals surface area contributed by atoms with Crippen molar-refractivity contribution in [3.05, 3.63) is 66.2 Å². The van der Waals surface area contributed by atoms with E-state index in [4.69, 9.17) is 0 Å². The number of urea groups is 1. The van der Waals surface area contributed by atoms with Gasteiger partial charge >= 0.3 is 6.03 Å². The van der Waals surface area contributed by atoms with Gasteiger partial charge in [-0.25, -0.2) is 4.79 Å². The smallest absolute Gasteiger partial charge is 0.317 e. The number of likely N-dealkylation sites (tertiary alicyclic amines) is 1. The number of piperidine rings is 1. The summed E-state index contributed by atoms with van der Waals surface area (Å²) in [6.45, 7) is 8.22. The van der Waals surface area contributed by atoms with Gasteiger partial charge in [-0.2, -0.15) is 0 Å². The van der Waals surface area contributed by atoms with Crippen molar-refractivity contribution in [2.75, 3.05) is 18.0 Å². The lowest BCUT2D eigenvalue weighted by molar-refractivity contribution is -0.144. The van der Waals surface area contributed by atoms with Crippen LogP contribution in [-0.4, -0.2) is 36.0 Å². The second-order valence-electron chi connectivity index (χ2n) is 11.8. The number of amides is 3. The van der Waals surface area contributed by atoms with E-state index in [1.165, 1.54) is 18.4 Å². The van der Waals surface area contributed by atoms with Gasteiger partial charge in [0, 0.05) is 24.8 Å². The van der Waals surface area contributed by atoms with Crippen molar-refractivity contribution in [3.63, 3.8) is 0 Å². The van der Waals surface area contributed by atoms with Crippen molar-refractivity contribution < 1.29 is 9.59 Å². The molecule has 5 rings (SSSR count). The largest absolute Gasteiger partial charge is 0.335 e. The molecule has 3 amide bonds. The Labute approximate surface area is 209 Å². The molecule has 2 aliphatic heterocycles. The minimum atomic E-state index is -0.432. The Balaban J connectivity index is 1.24. The number of rotatable bonds is 3. The van der Waals surface area contributed by atoms with Crippen LogP contribution in [0.3, 0.4) is 0 Å². The summed E-state index contributed by atoms with van der Waals surface area (Å²) in [6.07, 6.45) is 5.90. The third-order valence-corrected chi connectivity index (χ3v) is 8.80. The highest BCUT2D eigenvalue weighted by atomic mass is 16.2. The van der Waals surface area contributed by atoms with Crippen LogP contribution in [0, 0.1) is 16.7 Å². The van der Waals surface area contributed by atoms with Crippen LogP contribution < -0.4 is 10.2 Å². The number of hydrogen-bond donors (Lipinski definition) is 1. The summed E-state index contributed by atoms with van der Waals surface area (Å²) in [6, 6.07) is 20.7. The second kappa shape index (κ2) is 9.33. The van der Waals surface area contributed by atoms with E-state index in [0.717, 1.165) is 24.4 Å². The number of benzene rings is 2. The Morgan fingerprint density at radius 3 is 2.03 bits per heavy atom. The van der Waals surface area contributed by atoms with Gasteiger partial charge in [0.05, 0.1) is 11.5 Å². The fourth-order valence-electron chi connectivity index (χ4n) is 6.58. The summed E-state index contributed by atoms with van der Waals surface area (Å²) in [5, 5.41) is 3.30. The summed E-state index contributed by atoms with van der Waals surface area (Å²) in [5.41, 5.74) is 2.03. The fraction of sp³-hybridized carbons (Fsp3) is 0.533. The molecular formula is C30H39N3O2. The van der Waals surface area contributed by atoms with Crippen molar-refractivity contribution in [2.45, 2.75) is 71.4 Å². The van der Waals surface area contributed by atoms with Crippen molar-refractivity contribution in [1.29, 1.82) is 0 Å². The summed E-state index contributed by atoms with van der Waals surface area (Å²) in [5.74, 6) is 0.927. The molecule has 5 nitrogen and oxygen atoms in total. The van der Waals surface area contributed by atoms with E-state index < -0.39 is 5.41 Å². The molecule has 1 aliphatic carbocycles. The lowest BCUT2D eigenvalue weighted by atomic mass is 9.62. The van der Waals surface area contributed by atoms with Crippen LogP contribution in [0.1, 0.15) is 70.9 Å². The Morgan fingerprint density at radius 2 is 1.46 bits per heavy atom. The zero-order chi connectivity index (χ0) is 24.6. The van der Waals surface area contributed by atoms with Gasteiger partial charge in [0.25, 0.3) is 0 Å². The van der Waals surface area contributed by atoms with Crippen LogP contribution in [0.5, 0.6) is 0 Å². The maximum atomic E-state index is 13.6. The molecule has 2 aromatic carbocycles. The van der Waals surface area contributed by atoms with Crippen LogP contribution in [0.4, 0.5) is 10.5 Å². The molecule has 3 fully saturated rings. The number of para-hydroxylation sites is 1. The third-order valence-electron chi connectivity index (χ3n) is 8.80. The summed E-state index contributed by atoms with van der Waals surface area (Å²) in [7, 11) is 0. The van der Waals surface area contributed by atoms with E-state index >= 15 is 0 Å². The van der Waals surface area contributed by atoms with Crippen molar-refractivity contribution in [3.8, 4) is 0 Å². The number of carbonyl (C=O) groups excluding carboxylic acids is 2. The quantitative estimate of drug-likeness (QED) is 0.542. The molecule has 1 N–H and O–H groups in total. The monoisotopic (exact) mass is 473 g/mol. The van der Waals surface area contributed by atoms with Gasteiger partial charge in [-0.1, -0.05) is 69.3 Å². The highest BCUT2D eigenvalue weighted by Gasteiger charge is 2.62. The average molecular weight is 474 g/mol. The lowest BCUT2D eigenvalue weighted by Crippen LogP contribution is -2.67. The van der Waals surface area contributed by atoms with Crippen LogP contribution >= 0.6 is 0 Å². The van der Waals surface area contributed by atoms with Crippen molar-refractivity contribution in [2.24, 2.45) is 16.7 Å². The minimum absolute atomic E-state index is 0.0106. The molecule has 3 aliphatic rings. The Kier molecular flexibility index (Phi) is 6.37. The first kappa shape index (κ1) is 23.9. The molecule has 0 radical (unpaired) electrons. The summed E-state index contributed by atoms with van der Waals surface area (Å²) < 4.78 is 0. The zero-order valence-corrected chi connectivity index (χ0v) is 21.4. The van der Waals surface area contributed by atoms with Crippen LogP contribution in [0.15, 0.2) is 60.7 Å². The van der Waals surface area contributed by atoms with Crippen molar-refractivity contribution in [1.82, 2.24) is 10.2 Å². The molecule has 2 aromatic rings. The lowest BCUT2D eigenvalue weighted by Gasteiger charge is -2.59. The molecule has 186 valence electrons. The number of carbonyl (C=O) groups is 2. The Bertz CT molecular complexity index is 1030. The summed E-state index contributed by atoms with van der Waals surface area (Å²) in [4.78, 5) is 30.6. The Morgan fingerprint density at radius 1 is 0.886 bits per heavy atom. The van der Waals surface area contributed by atoms with Crippen LogP contribution in [-0.2, 0) is 4.79 Å². The molecule has 5 heteroatoms. The van der Waals surface area contributed by atoms with Crippen LogP contribution in [0.2, 0.25) is 0 Å². The summed E-state index contributed by atoms with van der Waals surface area (Å²) >= 11 is 0. The maximum Gasteiger partial charge on any atom is 0.317 e. The molecular weight excluding hydrogens is 434 g/mol. The van der Waals surface area contributed by atoms with Gasteiger partial charge in [-0.15, -0.1) is 0 Å². The molecule has 1 spiro atoms. The second-order valence-corrected chi connectivity index (χ2v) is 11.8. The van der Waals surface area contributed by atoms with Gasteiger partial charge in [0.2, 0.25) is 5.91 Å². The van der Waals surface area contributed by atoms with Gasteiger partial charge in [0.1, 0.15) is 0 Å². The number of nitrogens with one attached hydrogen (secondary N) is 1. The normalized spacial score (nSPS) is 26.4. The minimum Gasteiger partial charge on any atom is -0.335 e. The SMILES string of the molecule is CC(C)(C)C1CCC(NC(=O)N2CCC3(CC2)C(=O)N(c2ccccc2)[C@H]3c2ccccc2)CC1. The van der Waals surface area contributed by atoms with Gasteiger partial charge in [-0.3, -0.25) is 4.79 Å². The highest BCUT2D eigenvalue weighted by molar-refractivity contribution is 6.06. The molecule has 2 heterocycles. The molecule has 2 saturated heterocycles. The number of nitrogens with zero attached hydrogens (tertiary/aromatic N) is 2.